The van der Waals surface area contributed by atoms with Crippen molar-refractivity contribution >= 4 is 33.2 Å². The van der Waals surface area contributed by atoms with Gasteiger partial charge in [0.2, 0.25) is 0 Å². The molecule has 1 aliphatic heterocycles. The summed E-state index contributed by atoms with van der Waals surface area (Å²) in [7, 11) is 0. The Hall–Kier alpha value is -0.470. The number of rotatable bonds is 1. The number of anilines is 1. The van der Waals surface area contributed by atoms with Crippen molar-refractivity contribution in [2.45, 2.75) is 0 Å². The molecule has 1 aliphatic rings. The largest absolute Gasteiger partial charge is 0.363 e. The molecule has 1 aromatic carbocycles. The van der Waals surface area contributed by atoms with Crippen molar-refractivity contribution in [3.05, 3.63) is 39.8 Å². The number of nitrogens with zero attached hydrogens (tertiary/aromatic N) is 1. The summed E-state index contributed by atoms with van der Waals surface area (Å²) in [5, 5.41) is 0.766. The molecule has 0 saturated carbocycles. The molecule has 0 fully saturated rings. The van der Waals surface area contributed by atoms with E-state index in [4.69, 9.17) is 11.6 Å². The van der Waals surface area contributed by atoms with E-state index in [2.05, 4.69) is 33.0 Å². The van der Waals surface area contributed by atoms with Gasteiger partial charge in [-0.25, -0.2) is 0 Å². The molecule has 1 nitrogen and oxygen atoms in total. The van der Waals surface area contributed by atoms with Crippen LogP contribution in [-0.2, 0) is 0 Å². The van der Waals surface area contributed by atoms with Crippen molar-refractivity contribution in [3.63, 3.8) is 0 Å². The summed E-state index contributed by atoms with van der Waals surface area (Å²) in [5.41, 5.74) is 1.20. The Morgan fingerprint density at radius 3 is 2.54 bits per heavy atom. The Kier molecular flexibility index (Phi) is 2.61. The zero-order chi connectivity index (χ0) is 9.26. The summed E-state index contributed by atoms with van der Waals surface area (Å²) < 4.78 is 1.06. The van der Waals surface area contributed by atoms with Gasteiger partial charge in [-0.05, 0) is 34.1 Å². The minimum atomic E-state index is 0.766. The quantitative estimate of drug-likeness (QED) is 0.697. The fraction of sp³-hybridized carbons (Fsp3) is 0.200. The predicted octanol–water partition coefficient (Wildman–Crippen LogP) is 3.48. The van der Waals surface area contributed by atoms with E-state index < -0.39 is 0 Å². The molecule has 0 N–H and O–H groups in total. The molecule has 0 bridgehead atoms. The van der Waals surface area contributed by atoms with Gasteiger partial charge in [-0.1, -0.05) is 23.8 Å². The average Bonchev–Trinajstić information content (AvgIpc) is 2.56. The molecule has 0 radical (unpaired) electrons. The van der Waals surface area contributed by atoms with Crippen LogP contribution in [0.4, 0.5) is 5.69 Å². The second-order valence-electron chi connectivity index (χ2n) is 2.97. The lowest BCUT2D eigenvalue weighted by molar-refractivity contribution is 1.00. The molecule has 0 amide bonds. The zero-order valence-electron chi connectivity index (χ0n) is 7.00. The van der Waals surface area contributed by atoms with Crippen molar-refractivity contribution in [1.82, 2.24) is 0 Å². The van der Waals surface area contributed by atoms with E-state index in [0.717, 1.165) is 22.6 Å². The van der Waals surface area contributed by atoms with Crippen LogP contribution in [0.25, 0.3) is 0 Å². The molecule has 1 aromatic rings. The smallest absolute Gasteiger partial charge is 0.0517 e. The van der Waals surface area contributed by atoms with Gasteiger partial charge in [0.1, 0.15) is 0 Å². The van der Waals surface area contributed by atoms with E-state index in [1.54, 1.807) is 0 Å². The minimum Gasteiger partial charge on any atom is -0.363 e. The second-order valence-corrected chi connectivity index (χ2v) is 4.26. The van der Waals surface area contributed by atoms with Gasteiger partial charge >= 0.3 is 0 Å². The Morgan fingerprint density at radius 1 is 1.23 bits per heavy atom. The van der Waals surface area contributed by atoms with E-state index >= 15 is 0 Å². The standard InChI is InChI=1S/C10H9BrClN/c11-9-7-8(12)3-4-10(9)13-5-1-2-6-13/h1-4,7H,5-6H2. The van der Waals surface area contributed by atoms with Crippen LogP contribution in [-0.4, -0.2) is 13.1 Å². The maximum atomic E-state index is 5.86. The van der Waals surface area contributed by atoms with Gasteiger partial charge in [0, 0.05) is 22.6 Å². The van der Waals surface area contributed by atoms with Crippen molar-refractivity contribution in [2.24, 2.45) is 0 Å². The summed E-state index contributed by atoms with van der Waals surface area (Å²) >= 11 is 9.36. The first-order valence-corrected chi connectivity index (χ1v) is 5.29. The highest BCUT2D eigenvalue weighted by molar-refractivity contribution is 9.10. The van der Waals surface area contributed by atoms with E-state index in [-0.39, 0.29) is 0 Å². The fourth-order valence-electron chi connectivity index (χ4n) is 1.41. The van der Waals surface area contributed by atoms with E-state index in [1.165, 1.54) is 5.69 Å². The van der Waals surface area contributed by atoms with E-state index in [1.807, 2.05) is 18.2 Å². The SMILES string of the molecule is Clc1ccc(N2CC=CC2)c(Br)c1. The van der Waals surface area contributed by atoms with Crippen molar-refractivity contribution in [1.29, 1.82) is 0 Å². The molecule has 1 heterocycles. The van der Waals surface area contributed by atoms with Crippen LogP contribution in [0.15, 0.2) is 34.8 Å². The van der Waals surface area contributed by atoms with Crippen molar-refractivity contribution < 1.29 is 0 Å². The molecule has 0 saturated heterocycles. The molecule has 0 unspecified atom stereocenters. The first kappa shape index (κ1) is 9.10. The molecule has 3 heteroatoms. The fourth-order valence-corrected chi connectivity index (χ4v) is 2.35. The Labute approximate surface area is 91.1 Å². The minimum absolute atomic E-state index is 0.766. The predicted molar refractivity (Wildman–Crippen MR) is 60.5 cm³/mol. The molecule has 0 spiro atoms. The second kappa shape index (κ2) is 3.72. The third-order valence-electron chi connectivity index (χ3n) is 2.07. The average molecular weight is 259 g/mol. The van der Waals surface area contributed by atoms with Gasteiger partial charge in [0.05, 0.1) is 5.69 Å². The Morgan fingerprint density at radius 2 is 1.92 bits per heavy atom. The van der Waals surface area contributed by atoms with Gasteiger partial charge < -0.3 is 4.90 Å². The molecule has 13 heavy (non-hydrogen) atoms. The lowest BCUT2D eigenvalue weighted by atomic mass is 10.3. The molecule has 0 atom stereocenters. The van der Waals surface area contributed by atoms with Gasteiger partial charge in [0.25, 0.3) is 0 Å². The maximum Gasteiger partial charge on any atom is 0.0517 e. The van der Waals surface area contributed by atoms with Gasteiger partial charge in [0.15, 0.2) is 0 Å². The summed E-state index contributed by atoms with van der Waals surface area (Å²) in [6.07, 6.45) is 4.34. The molecular formula is C10H9BrClN. The van der Waals surface area contributed by atoms with Gasteiger partial charge in [-0.2, -0.15) is 0 Å². The van der Waals surface area contributed by atoms with Crippen LogP contribution < -0.4 is 4.90 Å². The molecule has 0 aliphatic carbocycles. The molecule has 2 rings (SSSR count). The maximum absolute atomic E-state index is 5.86. The Bertz CT molecular complexity index is 341. The summed E-state index contributed by atoms with van der Waals surface area (Å²) in [6, 6.07) is 5.88. The van der Waals surface area contributed by atoms with Crippen LogP contribution in [0, 0.1) is 0 Å². The monoisotopic (exact) mass is 257 g/mol. The first-order chi connectivity index (χ1) is 6.27. The van der Waals surface area contributed by atoms with Crippen LogP contribution in [0.2, 0.25) is 5.02 Å². The summed E-state index contributed by atoms with van der Waals surface area (Å²) in [5.74, 6) is 0. The lowest BCUT2D eigenvalue weighted by Crippen LogP contribution is -2.18. The van der Waals surface area contributed by atoms with Crippen LogP contribution in [0.3, 0.4) is 0 Å². The number of benzene rings is 1. The molecule has 0 aromatic heterocycles. The zero-order valence-corrected chi connectivity index (χ0v) is 9.35. The number of hydrogen-bond donors (Lipinski definition) is 0. The topological polar surface area (TPSA) is 3.24 Å². The highest BCUT2D eigenvalue weighted by atomic mass is 79.9. The van der Waals surface area contributed by atoms with Gasteiger partial charge in [-0.15, -0.1) is 0 Å². The normalized spacial score (nSPS) is 15.4. The van der Waals surface area contributed by atoms with Gasteiger partial charge in [-0.3, -0.25) is 0 Å². The summed E-state index contributed by atoms with van der Waals surface area (Å²) in [6.45, 7) is 1.97. The third-order valence-corrected chi connectivity index (χ3v) is 2.94. The molecular weight excluding hydrogens is 249 g/mol. The molecule has 68 valence electrons. The number of halogens is 2. The Balaban J connectivity index is 2.30. The van der Waals surface area contributed by atoms with Crippen LogP contribution >= 0.6 is 27.5 Å². The first-order valence-electron chi connectivity index (χ1n) is 4.12. The van der Waals surface area contributed by atoms with Crippen LogP contribution in [0.5, 0.6) is 0 Å². The van der Waals surface area contributed by atoms with E-state index in [0.29, 0.717) is 0 Å². The number of hydrogen-bond acceptors (Lipinski definition) is 1. The summed E-state index contributed by atoms with van der Waals surface area (Å²) in [4.78, 5) is 2.28. The lowest BCUT2D eigenvalue weighted by Gasteiger charge is -2.19. The highest BCUT2D eigenvalue weighted by Crippen LogP contribution is 2.29. The van der Waals surface area contributed by atoms with E-state index in [9.17, 15) is 0 Å². The van der Waals surface area contributed by atoms with Crippen LogP contribution in [0.1, 0.15) is 0 Å². The van der Waals surface area contributed by atoms with Crippen molar-refractivity contribution in [3.8, 4) is 0 Å². The third kappa shape index (κ3) is 1.89. The highest BCUT2D eigenvalue weighted by Gasteiger charge is 2.10. The van der Waals surface area contributed by atoms with Crippen molar-refractivity contribution in [2.75, 3.05) is 18.0 Å².